The van der Waals surface area contributed by atoms with E-state index in [4.69, 9.17) is 10.5 Å². The Morgan fingerprint density at radius 3 is 2.68 bits per heavy atom. The minimum absolute atomic E-state index is 0. The van der Waals surface area contributed by atoms with Crippen LogP contribution in [0.3, 0.4) is 0 Å². The zero-order chi connectivity index (χ0) is 13.8. The van der Waals surface area contributed by atoms with Gasteiger partial charge in [0.1, 0.15) is 0 Å². The number of nitrogens with zero attached hydrogens (tertiary/aromatic N) is 2. The number of hydrogen-bond donors (Lipinski definition) is 1. The highest BCUT2D eigenvalue weighted by Gasteiger charge is 2.32. The normalized spacial score (nSPS) is 23.1. The molecule has 1 fully saturated rings. The molecule has 0 aromatic carbocycles. The van der Waals surface area contributed by atoms with Crippen molar-refractivity contribution in [2.45, 2.75) is 25.8 Å². The summed E-state index contributed by atoms with van der Waals surface area (Å²) in [5, 5.41) is 0. The summed E-state index contributed by atoms with van der Waals surface area (Å²) in [6.07, 6.45) is 1.88. The summed E-state index contributed by atoms with van der Waals surface area (Å²) >= 11 is 0. The molecule has 1 aliphatic rings. The van der Waals surface area contributed by atoms with E-state index >= 15 is 0 Å². The minimum Gasteiger partial charge on any atom is -0.383 e. The Hall–Kier alpha value is 0.0800. The Bertz CT molecular complexity index is 351. The molecule has 0 radical (unpaired) electrons. The highest BCUT2D eigenvalue weighted by Crippen LogP contribution is 2.22. The van der Waals surface area contributed by atoms with E-state index < -0.39 is 10.2 Å². The maximum Gasteiger partial charge on any atom is 0.281 e. The predicted octanol–water partition coefficient (Wildman–Crippen LogP) is 0.290. The summed E-state index contributed by atoms with van der Waals surface area (Å²) in [7, 11) is -0.219. The van der Waals surface area contributed by atoms with Gasteiger partial charge in [0.2, 0.25) is 0 Å². The zero-order valence-corrected chi connectivity index (χ0v) is 13.5. The summed E-state index contributed by atoms with van der Waals surface area (Å²) < 4.78 is 32.4. The van der Waals surface area contributed by atoms with Crippen LogP contribution in [0, 0.1) is 5.92 Å². The third-order valence-corrected chi connectivity index (χ3v) is 5.45. The molecule has 0 aromatic heterocycles. The second-order valence-corrected chi connectivity index (χ2v) is 6.98. The molecule has 1 saturated heterocycles. The summed E-state index contributed by atoms with van der Waals surface area (Å²) in [4.78, 5) is 0. The van der Waals surface area contributed by atoms with E-state index in [9.17, 15) is 8.42 Å². The van der Waals surface area contributed by atoms with E-state index in [2.05, 4.69) is 0 Å². The second-order valence-electron chi connectivity index (χ2n) is 4.94. The summed E-state index contributed by atoms with van der Waals surface area (Å²) in [5.74, 6) is 0.254. The molecule has 0 spiro atoms. The molecule has 1 aliphatic heterocycles. The lowest BCUT2D eigenvalue weighted by molar-refractivity contribution is 0.178. The summed E-state index contributed by atoms with van der Waals surface area (Å²) in [5.41, 5.74) is 5.87. The fraction of sp³-hybridized carbons (Fsp3) is 1.00. The van der Waals surface area contributed by atoms with Crippen molar-refractivity contribution in [3.63, 3.8) is 0 Å². The lowest BCUT2D eigenvalue weighted by Crippen LogP contribution is -2.50. The van der Waals surface area contributed by atoms with Crippen LogP contribution in [-0.4, -0.2) is 63.5 Å². The van der Waals surface area contributed by atoms with Crippen LogP contribution in [0.2, 0.25) is 0 Å². The topological polar surface area (TPSA) is 75.9 Å². The van der Waals surface area contributed by atoms with Gasteiger partial charge < -0.3 is 10.5 Å². The first-order valence-electron chi connectivity index (χ1n) is 6.35. The second kappa shape index (κ2) is 8.39. The molecule has 1 rings (SSSR count). The molecule has 116 valence electrons. The summed E-state index contributed by atoms with van der Waals surface area (Å²) in [6, 6.07) is 0.0345. The number of likely N-dealkylation sites (N-methyl/N-ethyl adjacent to an activating group) is 1. The van der Waals surface area contributed by atoms with Gasteiger partial charge in [0.05, 0.1) is 6.61 Å². The fourth-order valence-electron chi connectivity index (χ4n) is 2.14. The molecule has 2 unspecified atom stereocenters. The fourth-order valence-corrected chi connectivity index (χ4v) is 3.58. The first-order valence-corrected chi connectivity index (χ1v) is 7.75. The van der Waals surface area contributed by atoms with Crippen molar-refractivity contribution in [1.29, 1.82) is 0 Å². The smallest absolute Gasteiger partial charge is 0.281 e. The standard InChI is InChI=1S/C11H25N3O3S.ClH/c1-10(12)11-5-4-6-14(9-11)18(15,16)13(2)7-8-17-3;/h10-11H,4-9,12H2,1-3H3;1H. The number of nitrogens with two attached hydrogens (primary N) is 1. The van der Waals surface area contributed by atoms with Gasteiger partial charge in [-0.05, 0) is 25.7 Å². The van der Waals surface area contributed by atoms with E-state index in [1.54, 1.807) is 18.5 Å². The van der Waals surface area contributed by atoms with Crippen LogP contribution in [0.25, 0.3) is 0 Å². The Kier molecular flexibility index (Phi) is 8.42. The Balaban J connectivity index is 0.00000324. The molecule has 0 saturated carbocycles. The van der Waals surface area contributed by atoms with Gasteiger partial charge in [-0.15, -0.1) is 12.4 Å². The molecule has 2 N–H and O–H groups in total. The Labute approximate surface area is 122 Å². The van der Waals surface area contributed by atoms with Crippen LogP contribution in [0.15, 0.2) is 0 Å². The van der Waals surface area contributed by atoms with Crippen molar-refractivity contribution in [3.05, 3.63) is 0 Å². The number of hydrogen-bond acceptors (Lipinski definition) is 4. The molecule has 19 heavy (non-hydrogen) atoms. The van der Waals surface area contributed by atoms with Crippen molar-refractivity contribution in [1.82, 2.24) is 8.61 Å². The van der Waals surface area contributed by atoms with Gasteiger partial charge >= 0.3 is 0 Å². The van der Waals surface area contributed by atoms with Crippen molar-refractivity contribution < 1.29 is 13.2 Å². The van der Waals surface area contributed by atoms with Gasteiger partial charge in [-0.2, -0.15) is 17.0 Å². The maximum absolute atomic E-state index is 12.3. The molecule has 0 bridgehead atoms. The third kappa shape index (κ3) is 5.17. The molecule has 1 heterocycles. The van der Waals surface area contributed by atoms with E-state index in [0.29, 0.717) is 26.2 Å². The van der Waals surface area contributed by atoms with Crippen molar-refractivity contribution in [3.8, 4) is 0 Å². The summed E-state index contributed by atoms with van der Waals surface area (Å²) in [6.45, 7) is 3.83. The average Bonchev–Trinajstić information content (AvgIpc) is 2.35. The number of halogens is 1. The van der Waals surface area contributed by atoms with Gasteiger partial charge in [-0.25, -0.2) is 0 Å². The van der Waals surface area contributed by atoms with Crippen molar-refractivity contribution in [2.24, 2.45) is 11.7 Å². The molecular weight excluding hydrogens is 290 g/mol. The Morgan fingerprint density at radius 2 is 2.16 bits per heavy atom. The SMILES string of the molecule is COCCN(C)S(=O)(=O)N1CCCC(C(C)N)C1.Cl. The zero-order valence-electron chi connectivity index (χ0n) is 11.9. The minimum atomic E-state index is -3.37. The molecule has 0 aromatic rings. The van der Waals surface area contributed by atoms with Crippen molar-refractivity contribution in [2.75, 3.05) is 40.4 Å². The predicted molar refractivity (Wildman–Crippen MR) is 78.6 cm³/mol. The van der Waals surface area contributed by atoms with Gasteiger partial charge in [-0.3, -0.25) is 0 Å². The van der Waals surface area contributed by atoms with Crippen LogP contribution < -0.4 is 5.73 Å². The van der Waals surface area contributed by atoms with Crippen LogP contribution in [0.4, 0.5) is 0 Å². The number of rotatable bonds is 6. The third-order valence-electron chi connectivity index (χ3n) is 3.49. The molecule has 2 atom stereocenters. The highest BCUT2D eigenvalue weighted by atomic mass is 35.5. The lowest BCUT2D eigenvalue weighted by atomic mass is 9.93. The van der Waals surface area contributed by atoms with E-state index in [-0.39, 0.29) is 24.4 Å². The van der Waals surface area contributed by atoms with Gasteiger partial charge in [0, 0.05) is 39.8 Å². The van der Waals surface area contributed by atoms with Gasteiger partial charge in [0.25, 0.3) is 10.2 Å². The molecular formula is C11H26ClN3O3S. The highest BCUT2D eigenvalue weighted by molar-refractivity contribution is 7.86. The Morgan fingerprint density at radius 1 is 1.53 bits per heavy atom. The van der Waals surface area contributed by atoms with Crippen molar-refractivity contribution >= 4 is 22.6 Å². The lowest BCUT2D eigenvalue weighted by Gasteiger charge is -2.35. The first kappa shape index (κ1) is 19.1. The van der Waals surface area contributed by atoms with Crippen LogP contribution in [0.1, 0.15) is 19.8 Å². The van der Waals surface area contributed by atoms with Crippen LogP contribution >= 0.6 is 12.4 Å². The van der Waals surface area contributed by atoms with E-state index in [1.807, 2.05) is 6.92 Å². The molecule has 6 nitrogen and oxygen atoms in total. The largest absolute Gasteiger partial charge is 0.383 e. The van der Waals surface area contributed by atoms with Crippen LogP contribution in [-0.2, 0) is 14.9 Å². The number of ether oxygens (including phenoxy) is 1. The molecule has 0 aliphatic carbocycles. The van der Waals surface area contributed by atoms with E-state index in [0.717, 1.165) is 12.8 Å². The molecule has 0 amide bonds. The maximum atomic E-state index is 12.3. The van der Waals surface area contributed by atoms with E-state index in [1.165, 1.54) is 4.31 Å². The van der Waals surface area contributed by atoms with Gasteiger partial charge in [-0.1, -0.05) is 0 Å². The quantitative estimate of drug-likeness (QED) is 0.764. The average molecular weight is 316 g/mol. The first-order chi connectivity index (χ1) is 8.39. The number of piperidine rings is 1. The monoisotopic (exact) mass is 315 g/mol. The molecule has 8 heteroatoms. The van der Waals surface area contributed by atoms with Crippen LogP contribution in [0.5, 0.6) is 0 Å². The number of methoxy groups -OCH3 is 1. The van der Waals surface area contributed by atoms with Gasteiger partial charge in [0.15, 0.2) is 0 Å².